The lowest BCUT2D eigenvalue weighted by Gasteiger charge is -2.09. The van der Waals surface area contributed by atoms with Crippen molar-refractivity contribution in [1.82, 2.24) is 9.97 Å². The van der Waals surface area contributed by atoms with Crippen LogP contribution in [0.15, 0.2) is 24.5 Å². The summed E-state index contributed by atoms with van der Waals surface area (Å²) in [6.45, 7) is 0. The van der Waals surface area contributed by atoms with Crippen LogP contribution in [0.4, 0.5) is 11.5 Å². The molecule has 3 aromatic rings. The summed E-state index contributed by atoms with van der Waals surface area (Å²) in [5, 5.41) is 22.9. The van der Waals surface area contributed by atoms with Crippen molar-refractivity contribution in [2.75, 3.05) is 5.32 Å². The van der Waals surface area contributed by atoms with Crippen molar-refractivity contribution in [1.29, 1.82) is 0 Å². The Hall–Kier alpha value is -2.67. The predicted molar refractivity (Wildman–Crippen MR) is 87.8 cm³/mol. The number of fused-ring (bicyclic) bond motifs is 3. The molecule has 3 N–H and O–H groups in total. The average molecular weight is 327 g/mol. The summed E-state index contributed by atoms with van der Waals surface area (Å²) in [5.74, 6) is -0.751. The summed E-state index contributed by atoms with van der Waals surface area (Å²) >= 11 is 1.70. The monoisotopic (exact) mass is 327 g/mol. The molecule has 0 radical (unpaired) electrons. The first-order valence-corrected chi connectivity index (χ1v) is 8.03. The molecule has 0 atom stereocenters. The Morgan fingerprint density at radius 3 is 2.96 bits per heavy atom. The minimum atomic E-state index is -1.17. The number of hydrogen-bond acceptors (Lipinski definition) is 6. The first-order valence-electron chi connectivity index (χ1n) is 7.22. The van der Waals surface area contributed by atoms with Gasteiger partial charge < -0.3 is 15.5 Å². The summed E-state index contributed by atoms with van der Waals surface area (Å²) in [6.07, 6.45) is 4.76. The summed E-state index contributed by atoms with van der Waals surface area (Å²) in [6, 6.07) is 4.39. The molecule has 23 heavy (non-hydrogen) atoms. The summed E-state index contributed by atoms with van der Waals surface area (Å²) in [4.78, 5) is 22.1. The smallest absolute Gasteiger partial charge is 0.339 e. The van der Waals surface area contributed by atoms with Crippen molar-refractivity contribution in [3.8, 4) is 5.75 Å². The van der Waals surface area contributed by atoms with Crippen molar-refractivity contribution >= 4 is 39.0 Å². The van der Waals surface area contributed by atoms with E-state index in [2.05, 4.69) is 15.3 Å². The summed E-state index contributed by atoms with van der Waals surface area (Å²) in [7, 11) is 0. The molecular formula is C16H13N3O3S. The lowest BCUT2D eigenvalue weighted by molar-refractivity contribution is 0.0694. The molecule has 7 heteroatoms. The Bertz CT molecular complexity index is 936. The van der Waals surface area contributed by atoms with Crippen LogP contribution in [0.5, 0.6) is 5.75 Å². The van der Waals surface area contributed by atoms with E-state index in [0.717, 1.165) is 29.5 Å². The van der Waals surface area contributed by atoms with Crippen molar-refractivity contribution in [2.45, 2.75) is 19.3 Å². The van der Waals surface area contributed by atoms with E-state index in [4.69, 9.17) is 5.11 Å². The van der Waals surface area contributed by atoms with Gasteiger partial charge in [-0.1, -0.05) is 0 Å². The van der Waals surface area contributed by atoms with E-state index in [1.807, 2.05) is 0 Å². The maximum absolute atomic E-state index is 11.1. The van der Waals surface area contributed by atoms with Crippen molar-refractivity contribution < 1.29 is 15.0 Å². The van der Waals surface area contributed by atoms with E-state index < -0.39 is 5.97 Å². The van der Waals surface area contributed by atoms with Crippen LogP contribution in [0.2, 0.25) is 0 Å². The highest BCUT2D eigenvalue weighted by Gasteiger charge is 2.21. The zero-order chi connectivity index (χ0) is 16.0. The van der Waals surface area contributed by atoms with E-state index in [1.165, 1.54) is 28.9 Å². The van der Waals surface area contributed by atoms with Crippen LogP contribution in [-0.2, 0) is 12.8 Å². The Morgan fingerprint density at radius 1 is 1.26 bits per heavy atom. The first kappa shape index (κ1) is 14.0. The second-order valence-corrected chi connectivity index (χ2v) is 6.51. The van der Waals surface area contributed by atoms with Crippen LogP contribution in [0.3, 0.4) is 0 Å². The number of benzene rings is 1. The molecule has 1 aromatic carbocycles. The maximum Gasteiger partial charge on any atom is 0.339 e. The van der Waals surface area contributed by atoms with Crippen LogP contribution >= 0.6 is 11.3 Å². The molecule has 6 nitrogen and oxygen atoms in total. The van der Waals surface area contributed by atoms with Crippen molar-refractivity contribution in [2.24, 2.45) is 0 Å². The SMILES string of the molecule is O=C(O)c1cc(Nc2ncnc3sc4c(c23)CCC4)ccc1O. The predicted octanol–water partition coefficient (Wildman–Crippen LogP) is 3.33. The van der Waals surface area contributed by atoms with Crippen LogP contribution in [0.1, 0.15) is 27.2 Å². The van der Waals surface area contributed by atoms with E-state index in [9.17, 15) is 9.90 Å². The third kappa shape index (κ3) is 2.29. The Morgan fingerprint density at radius 2 is 2.13 bits per heavy atom. The highest BCUT2D eigenvalue weighted by Crippen LogP contribution is 2.39. The number of aromatic carboxylic acids is 1. The number of carboxylic acid groups (broad SMARTS) is 1. The number of aromatic nitrogens is 2. The van der Waals surface area contributed by atoms with Crippen molar-refractivity contribution in [3.05, 3.63) is 40.5 Å². The molecule has 2 aromatic heterocycles. The van der Waals surface area contributed by atoms with Gasteiger partial charge in [-0.25, -0.2) is 14.8 Å². The quantitative estimate of drug-likeness (QED) is 0.639. The Balaban J connectivity index is 1.79. The lowest BCUT2D eigenvalue weighted by atomic mass is 10.1. The number of hydrogen-bond donors (Lipinski definition) is 3. The second kappa shape index (κ2) is 5.20. The number of nitrogens with one attached hydrogen (secondary N) is 1. The van der Waals surface area contributed by atoms with Gasteiger partial charge in [0.15, 0.2) is 0 Å². The van der Waals surface area contributed by atoms with Gasteiger partial charge in [-0.3, -0.25) is 0 Å². The number of thiophene rings is 1. The minimum absolute atomic E-state index is 0.143. The van der Waals surface area contributed by atoms with E-state index in [0.29, 0.717) is 11.5 Å². The van der Waals surface area contributed by atoms with Crippen molar-refractivity contribution in [3.63, 3.8) is 0 Å². The van der Waals surface area contributed by atoms with Gasteiger partial charge in [0, 0.05) is 10.6 Å². The molecule has 0 unspecified atom stereocenters. The van der Waals surface area contributed by atoms with E-state index in [1.54, 1.807) is 17.4 Å². The van der Waals surface area contributed by atoms with Gasteiger partial charge in [0.2, 0.25) is 0 Å². The molecule has 0 bridgehead atoms. The number of carboxylic acids is 1. The standard InChI is InChI=1S/C16H13N3O3S/c20-11-5-4-8(6-10(11)16(21)22)19-14-13-9-2-1-3-12(9)23-15(13)18-7-17-14/h4-7,20H,1-3H2,(H,21,22)(H,17,18,19). The molecule has 0 amide bonds. The first-order chi connectivity index (χ1) is 11.1. The van der Waals surface area contributed by atoms with Gasteiger partial charge in [0.05, 0.1) is 5.39 Å². The number of carbonyl (C=O) groups is 1. The fraction of sp³-hybridized carbons (Fsp3) is 0.188. The normalized spacial score (nSPS) is 13.2. The topological polar surface area (TPSA) is 95.3 Å². The fourth-order valence-electron chi connectivity index (χ4n) is 2.95. The molecule has 2 heterocycles. The number of anilines is 2. The Labute approximate surface area is 135 Å². The van der Waals surface area contributed by atoms with Crippen LogP contribution in [0.25, 0.3) is 10.2 Å². The molecular weight excluding hydrogens is 314 g/mol. The number of nitrogens with zero attached hydrogens (tertiary/aromatic N) is 2. The lowest BCUT2D eigenvalue weighted by Crippen LogP contribution is -2.00. The number of phenols is 1. The molecule has 0 aliphatic heterocycles. The van der Waals surface area contributed by atoms with Gasteiger partial charge in [-0.2, -0.15) is 0 Å². The number of rotatable bonds is 3. The minimum Gasteiger partial charge on any atom is -0.507 e. The highest BCUT2D eigenvalue weighted by atomic mass is 32.1. The second-order valence-electron chi connectivity index (χ2n) is 5.42. The molecule has 0 saturated carbocycles. The van der Waals surface area contributed by atoms with Crippen LogP contribution in [-0.4, -0.2) is 26.2 Å². The zero-order valence-corrected chi connectivity index (χ0v) is 12.9. The molecule has 1 aliphatic carbocycles. The summed E-state index contributed by atoms with van der Waals surface area (Å²) < 4.78 is 0. The van der Waals surface area contributed by atoms with Crippen LogP contribution < -0.4 is 5.32 Å². The number of aromatic hydroxyl groups is 1. The maximum atomic E-state index is 11.1. The fourth-order valence-corrected chi connectivity index (χ4v) is 4.17. The molecule has 0 saturated heterocycles. The van der Waals surface area contributed by atoms with Gasteiger partial charge >= 0.3 is 5.97 Å². The molecule has 0 spiro atoms. The van der Waals surface area contributed by atoms with Crippen LogP contribution in [0, 0.1) is 0 Å². The van der Waals surface area contributed by atoms with Gasteiger partial charge in [0.1, 0.15) is 28.3 Å². The van der Waals surface area contributed by atoms with Gasteiger partial charge in [-0.05, 0) is 43.0 Å². The Kier molecular flexibility index (Phi) is 3.16. The molecule has 1 aliphatic rings. The number of aryl methyl sites for hydroxylation is 2. The zero-order valence-electron chi connectivity index (χ0n) is 12.0. The summed E-state index contributed by atoms with van der Waals surface area (Å²) in [5.41, 5.74) is 1.72. The molecule has 4 rings (SSSR count). The van der Waals surface area contributed by atoms with Gasteiger partial charge in [-0.15, -0.1) is 11.3 Å². The van der Waals surface area contributed by atoms with E-state index in [-0.39, 0.29) is 11.3 Å². The molecule has 0 fully saturated rings. The van der Waals surface area contributed by atoms with Gasteiger partial charge in [0.25, 0.3) is 0 Å². The highest BCUT2D eigenvalue weighted by molar-refractivity contribution is 7.19. The average Bonchev–Trinajstić information content (AvgIpc) is 3.09. The largest absolute Gasteiger partial charge is 0.507 e. The third-order valence-corrected chi connectivity index (χ3v) is 5.19. The molecule has 116 valence electrons. The van der Waals surface area contributed by atoms with E-state index >= 15 is 0 Å². The third-order valence-electron chi connectivity index (χ3n) is 3.99.